The Morgan fingerprint density at radius 2 is 1.59 bits per heavy atom. The van der Waals surface area contributed by atoms with Gasteiger partial charge in [-0.25, -0.2) is 0 Å². The van der Waals surface area contributed by atoms with Crippen molar-refractivity contribution >= 4 is 5.91 Å². The van der Waals surface area contributed by atoms with Crippen molar-refractivity contribution in [2.24, 2.45) is 0 Å². The van der Waals surface area contributed by atoms with Crippen molar-refractivity contribution in [2.75, 3.05) is 27.9 Å². The minimum absolute atomic E-state index is 0.131. The molecule has 1 atom stereocenters. The molecule has 0 aliphatic rings. The highest BCUT2D eigenvalue weighted by molar-refractivity contribution is 5.81. The molecule has 0 heterocycles. The Balaban J connectivity index is 1.87. The third-order valence-corrected chi connectivity index (χ3v) is 4.16. The van der Waals surface area contributed by atoms with E-state index in [4.69, 9.17) is 18.9 Å². The fourth-order valence-corrected chi connectivity index (χ4v) is 2.62. The number of hydrogen-bond donors (Lipinski definition) is 1. The number of rotatable bonds is 10. The van der Waals surface area contributed by atoms with Gasteiger partial charge in [0.15, 0.2) is 17.6 Å². The molecule has 0 saturated heterocycles. The molecule has 6 nitrogen and oxygen atoms in total. The van der Waals surface area contributed by atoms with Crippen molar-refractivity contribution in [3.8, 4) is 23.0 Å². The second-order valence-corrected chi connectivity index (χ2v) is 5.92. The molecule has 0 aliphatic carbocycles. The van der Waals surface area contributed by atoms with Crippen LogP contribution in [-0.2, 0) is 11.2 Å². The van der Waals surface area contributed by atoms with Gasteiger partial charge in [-0.1, -0.05) is 13.0 Å². The van der Waals surface area contributed by atoms with Gasteiger partial charge in [-0.2, -0.15) is 0 Å². The van der Waals surface area contributed by atoms with Crippen molar-refractivity contribution < 1.29 is 23.7 Å². The van der Waals surface area contributed by atoms with E-state index in [1.54, 1.807) is 45.6 Å². The quantitative estimate of drug-likeness (QED) is 0.693. The molecular formula is C21H27NO5. The Kier molecular flexibility index (Phi) is 7.79. The molecule has 0 unspecified atom stereocenters. The summed E-state index contributed by atoms with van der Waals surface area (Å²) in [5, 5.41) is 2.93. The van der Waals surface area contributed by atoms with Gasteiger partial charge in [0, 0.05) is 6.54 Å². The summed E-state index contributed by atoms with van der Waals surface area (Å²) in [6.45, 7) is 2.43. The first kappa shape index (κ1) is 20.4. The maximum Gasteiger partial charge on any atom is 0.261 e. The first-order valence-electron chi connectivity index (χ1n) is 8.90. The number of carbonyl (C=O) groups excluding carboxylic acids is 1. The van der Waals surface area contributed by atoms with E-state index in [1.165, 1.54) is 0 Å². The molecule has 2 aromatic carbocycles. The van der Waals surface area contributed by atoms with Crippen LogP contribution in [0, 0.1) is 0 Å². The van der Waals surface area contributed by atoms with E-state index in [1.807, 2.05) is 25.1 Å². The van der Waals surface area contributed by atoms with Crippen LogP contribution in [0.3, 0.4) is 0 Å². The number of hydrogen-bond acceptors (Lipinski definition) is 5. The van der Waals surface area contributed by atoms with Crippen LogP contribution >= 0.6 is 0 Å². The molecule has 27 heavy (non-hydrogen) atoms. The van der Waals surface area contributed by atoms with Crippen LogP contribution in [0.25, 0.3) is 0 Å². The summed E-state index contributed by atoms with van der Waals surface area (Å²) in [6.07, 6.45) is 0.725. The molecule has 1 N–H and O–H groups in total. The standard InChI is InChI=1S/C21H27NO5/c1-5-18(27-17-9-7-16(24-2)8-10-17)21(23)22-13-12-15-6-11-19(25-3)20(14-15)26-4/h6-11,14,18H,5,12-13H2,1-4H3,(H,22,23)/t18-/m1/s1. The lowest BCUT2D eigenvalue weighted by molar-refractivity contribution is -0.128. The summed E-state index contributed by atoms with van der Waals surface area (Å²) >= 11 is 0. The van der Waals surface area contributed by atoms with Gasteiger partial charge >= 0.3 is 0 Å². The van der Waals surface area contributed by atoms with E-state index < -0.39 is 6.10 Å². The van der Waals surface area contributed by atoms with Crippen molar-refractivity contribution in [2.45, 2.75) is 25.9 Å². The van der Waals surface area contributed by atoms with Crippen molar-refractivity contribution in [3.63, 3.8) is 0 Å². The van der Waals surface area contributed by atoms with Gasteiger partial charge in [-0.15, -0.1) is 0 Å². The highest BCUT2D eigenvalue weighted by atomic mass is 16.5. The second kappa shape index (κ2) is 10.3. The normalized spacial score (nSPS) is 11.4. The average Bonchev–Trinajstić information content (AvgIpc) is 2.72. The smallest absolute Gasteiger partial charge is 0.261 e. The lowest BCUT2D eigenvalue weighted by Gasteiger charge is -2.17. The minimum Gasteiger partial charge on any atom is -0.497 e. The Morgan fingerprint density at radius 3 is 2.19 bits per heavy atom. The zero-order valence-corrected chi connectivity index (χ0v) is 16.3. The topological polar surface area (TPSA) is 66.0 Å². The Labute approximate surface area is 160 Å². The zero-order chi connectivity index (χ0) is 19.6. The minimum atomic E-state index is -0.538. The van der Waals surface area contributed by atoms with Crippen molar-refractivity contribution in [1.29, 1.82) is 0 Å². The lowest BCUT2D eigenvalue weighted by atomic mass is 10.1. The van der Waals surface area contributed by atoms with Crippen LogP contribution < -0.4 is 24.3 Å². The summed E-state index contributed by atoms with van der Waals surface area (Å²) in [5.41, 5.74) is 1.05. The summed E-state index contributed by atoms with van der Waals surface area (Å²) < 4.78 is 21.4. The molecule has 0 fully saturated rings. The largest absolute Gasteiger partial charge is 0.497 e. The molecule has 0 radical (unpaired) electrons. The highest BCUT2D eigenvalue weighted by Gasteiger charge is 2.18. The number of benzene rings is 2. The van der Waals surface area contributed by atoms with Crippen LogP contribution in [-0.4, -0.2) is 39.9 Å². The first-order chi connectivity index (χ1) is 13.1. The fourth-order valence-electron chi connectivity index (χ4n) is 2.62. The summed E-state index contributed by atoms with van der Waals surface area (Å²) in [5.74, 6) is 2.61. The Bertz CT molecular complexity index is 730. The van der Waals surface area contributed by atoms with E-state index in [0.29, 0.717) is 36.6 Å². The van der Waals surface area contributed by atoms with Gasteiger partial charge in [0.2, 0.25) is 0 Å². The Morgan fingerprint density at radius 1 is 0.926 bits per heavy atom. The summed E-state index contributed by atoms with van der Waals surface area (Å²) in [4.78, 5) is 12.4. The molecule has 0 aromatic heterocycles. The predicted molar refractivity (Wildman–Crippen MR) is 104 cm³/mol. The molecule has 0 saturated carbocycles. The second-order valence-electron chi connectivity index (χ2n) is 5.92. The summed E-state index contributed by atoms with van der Waals surface area (Å²) in [7, 11) is 4.81. The van der Waals surface area contributed by atoms with E-state index >= 15 is 0 Å². The molecule has 146 valence electrons. The van der Waals surface area contributed by atoms with Crippen LogP contribution in [0.15, 0.2) is 42.5 Å². The maximum absolute atomic E-state index is 12.4. The van der Waals surface area contributed by atoms with Crippen LogP contribution in [0.5, 0.6) is 23.0 Å². The van der Waals surface area contributed by atoms with E-state index in [-0.39, 0.29) is 5.91 Å². The van der Waals surface area contributed by atoms with Crippen molar-refractivity contribution in [1.82, 2.24) is 5.32 Å². The molecular weight excluding hydrogens is 346 g/mol. The average molecular weight is 373 g/mol. The van der Waals surface area contributed by atoms with Gasteiger partial charge in [0.05, 0.1) is 21.3 Å². The van der Waals surface area contributed by atoms with E-state index in [0.717, 1.165) is 11.3 Å². The predicted octanol–water partition coefficient (Wildman–Crippen LogP) is 3.23. The number of methoxy groups -OCH3 is 3. The van der Waals surface area contributed by atoms with Crippen LogP contribution in [0.4, 0.5) is 0 Å². The molecule has 1 amide bonds. The number of nitrogens with one attached hydrogen (secondary N) is 1. The molecule has 2 aromatic rings. The maximum atomic E-state index is 12.4. The molecule has 0 aliphatic heterocycles. The molecule has 2 rings (SSSR count). The van der Waals surface area contributed by atoms with Crippen LogP contribution in [0.1, 0.15) is 18.9 Å². The number of ether oxygens (including phenoxy) is 4. The van der Waals surface area contributed by atoms with E-state index in [9.17, 15) is 4.79 Å². The van der Waals surface area contributed by atoms with E-state index in [2.05, 4.69) is 5.32 Å². The zero-order valence-electron chi connectivity index (χ0n) is 16.3. The fraction of sp³-hybridized carbons (Fsp3) is 0.381. The van der Waals surface area contributed by atoms with Crippen LogP contribution in [0.2, 0.25) is 0 Å². The number of carbonyl (C=O) groups is 1. The Hall–Kier alpha value is -2.89. The lowest BCUT2D eigenvalue weighted by Crippen LogP contribution is -2.38. The number of amides is 1. The molecule has 6 heteroatoms. The SMILES string of the molecule is CC[C@@H](Oc1ccc(OC)cc1)C(=O)NCCc1ccc(OC)c(OC)c1. The van der Waals surface area contributed by atoms with Gasteiger partial charge < -0.3 is 24.3 Å². The monoisotopic (exact) mass is 373 g/mol. The third-order valence-electron chi connectivity index (χ3n) is 4.16. The first-order valence-corrected chi connectivity index (χ1v) is 8.90. The highest BCUT2D eigenvalue weighted by Crippen LogP contribution is 2.27. The molecule has 0 spiro atoms. The van der Waals surface area contributed by atoms with Crippen molar-refractivity contribution in [3.05, 3.63) is 48.0 Å². The third kappa shape index (κ3) is 5.81. The van der Waals surface area contributed by atoms with Gasteiger partial charge in [-0.3, -0.25) is 4.79 Å². The van der Waals surface area contributed by atoms with Gasteiger partial charge in [-0.05, 0) is 54.8 Å². The molecule has 0 bridgehead atoms. The van der Waals surface area contributed by atoms with Gasteiger partial charge in [0.25, 0.3) is 5.91 Å². The summed E-state index contributed by atoms with van der Waals surface area (Å²) in [6, 6.07) is 12.9. The van der Waals surface area contributed by atoms with Gasteiger partial charge in [0.1, 0.15) is 11.5 Å².